The molecular weight excluding hydrogens is 244 g/mol. The Morgan fingerprint density at radius 1 is 1.28 bits per heavy atom. The Labute approximate surface area is 114 Å². The molecule has 0 spiro atoms. The van der Waals surface area contributed by atoms with Gasteiger partial charge < -0.3 is 14.8 Å². The minimum Gasteiger partial charge on any atom is -0.353 e. The molecule has 0 saturated carbocycles. The number of imidazole rings is 1. The third-order valence-corrected chi connectivity index (χ3v) is 3.60. The van der Waals surface area contributed by atoms with Crippen LogP contribution >= 0.6 is 12.6 Å². The molecule has 100 valence electrons. The highest BCUT2D eigenvalue weighted by Gasteiger charge is 2.26. The summed E-state index contributed by atoms with van der Waals surface area (Å²) in [5.74, 6) is 2.01. The van der Waals surface area contributed by atoms with E-state index in [-0.39, 0.29) is 6.17 Å². The first-order valence-corrected chi connectivity index (χ1v) is 7.22. The average Bonchev–Trinajstić information content (AvgIpc) is 2.98. The van der Waals surface area contributed by atoms with Crippen molar-refractivity contribution >= 4 is 12.6 Å². The lowest BCUT2D eigenvalue weighted by molar-refractivity contribution is 0.167. The van der Waals surface area contributed by atoms with E-state index in [1.54, 1.807) is 0 Å². The van der Waals surface area contributed by atoms with Crippen LogP contribution in [0.2, 0.25) is 0 Å². The van der Waals surface area contributed by atoms with Crippen LogP contribution in [-0.2, 0) is 0 Å². The standard InChI is InChI=1S/C13H22N4S/c1-16-9-10-17(8-4-2-3-5-11-18)13(16)12-14-6-7-15-12/h6-7,9-10,13,18H,2-5,8,11H2,1H3,(H,14,15). The molecule has 1 N–H and O–H groups in total. The molecule has 4 nitrogen and oxygen atoms in total. The Morgan fingerprint density at radius 2 is 2.11 bits per heavy atom. The van der Waals surface area contributed by atoms with Crippen LogP contribution in [-0.4, -0.2) is 39.1 Å². The molecule has 1 aromatic heterocycles. The zero-order valence-electron chi connectivity index (χ0n) is 10.9. The highest BCUT2D eigenvalue weighted by Crippen LogP contribution is 2.27. The molecule has 2 rings (SSSR count). The summed E-state index contributed by atoms with van der Waals surface area (Å²) in [6, 6.07) is 0. The van der Waals surface area contributed by atoms with Crippen molar-refractivity contribution in [2.75, 3.05) is 19.3 Å². The third kappa shape index (κ3) is 3.22. The van der Waals surface area contributed by atoms with Crippen molar-refractivity contribution in [3.05, 3.63) is 30.6 Å². The van der Waals surface area contributed by atoms with E-state index in [1.165, 1.54) is 25.7 Å². The van der Waals surface area contributed by atoms with E-state index in [2.05, 4.69) is 51.8 Å². The number of H-pyrrole nitrogens is 1. The van der Waals surface area contributed by atoms with Crippen molar-refractivity contribution in [2.45, 2.75) is 31.8 Å². The summed E-state index contributed by atoms with van der Waals surface area (Å²) in [6.45, 7) is 1.08. The molecule has 1 aliphatic heterocycles. The van der Waals surface area contributed by atoms with Crippen LogP contribution in [0.15, 0.2) is 24.8 Å². The maximum Gasteiger partial charge on any atom is 0.160 e. The van der Waals surface area contributed by atoms with Crippen LogP contribution in [0.3, 0.4) is 0 Å². The zero-order chi connectivity index (χ0) is 12.8. The van der Waals surface area contributed by atoms with E-state index in [9.17, 15) is 0 Å². The van der Waals surface area contributed by atoms with E-state index in [1.807, 2.05) is 12.4 Å². The molecule has 1 aromatic rings. The van der Waals surface area contributed by atoms with Gasteiger partial charge >= 0.3 is 0 Å². The van der Waals surface area contributed by atoms with Gasteiger partial charge in [-0.05, 0) is 18.6 Å². The lowest BCUT2D eigenvalue weighted by Gasteiger charge is -2.28. The van der Waals surface area contributed by atoms with Gasteiger partial charge in [0, 0.05) is 38.4 Å². The number of thiol groups is 1. The van der Waals surface area contributed by atoms with Crippen molar-refractivity contribution in [1.82, 2.24) is 19.8 Å². The summed E-state index contributed by atoms with van der Waals surface area (Å²) >= 11 is 4.24. The third-order valence-electron chi connectivity index (χ3n) is 3.28. The predicted octanol–water partition coefficient (Wildman–Crippen LogP) is 2.62. The largest absolute Gasteiger partial charge is 0.353 e. The fourth-order valence-corrected chi connectivity index (χ4v) is 2.54. The SMILES string of the molecule is CN1C=CN(CCCCCCS)C1c1ncc[nH]1. The molecule has 1 atom stereocenters. The number of unbranched alkanes of at least 4 members (excludes halogenated alkanes) is 3. The predicted molar refractivity (Wildman–Crippen MR) is 77.3 cm³/mol. The monoisotopic (exact) mass is 266 g/mol. The first kappa shape index (κ1) is 13.3. The molecular formula is C13H22N4S. The van der Waals surface area contributed by atoms with Crippen molar-refractivity contribution in [3.63, 3.8) is 0 Å². The maximum absolute atomic E-state index is 4.37. The maximum atomic E-state index is 4.37. The van der Waals surface area contributed by atoms with Crippen molar-refractivity contribution < 1.29 is 0 Å². The number of aromatic amines is 1. The van der Waals surface area contributed by atoms with Crippen LogP contribution in [0, 0.1) is 0 Å². The summed E-state index contributed by atoms with van der Waals surface area (Å²) in [5, 5.41) is 0. The van der Waals surface area contributed by atoms with E-state index in [0.717, 1.165) is 18.1 Å². The number of hydrogen-bond donors (Lipinski definition) is 2. The highest BCUT2D eigenvalue weighted by atomic mass is 32.1. The second-order valence-electron chi connectivity index (χ2n) is 4.69. The van der Waals surface area contributed by atoms with Gasteiger partial charge in [-0.2, -0.15) is 12.6 Å². The first-order valence-electron chi connectivity index (χ1n) is 6.59. The van der Waals surface area contributed by atoms with Crippen molar-refractivity contribution in [2.24, 2.45) is 0 Å². The van der Waals surface area contributed by atoms with E-state index in [4.69, 9.17) is 0 Å². The second-order valence-corrected chi connectivity index (χ2v) is 5.13. The fraction of sp³-hybridized carbons (Fsp3) is 0.615. The van der Waals surface area contributed by atoms with Crippen LogP contribution in [0.25, 0.3) is 0 Å². The molecule has 0 aliphatic carbocycles. The van der Waals surface area contributed by atoms with Gasteiger partial charge in [0.2, 0.25) is 0 Å². The van der Waals surface area contributed by atoms with Crippen LogP contribution in [0.5, 0.6) is 0 Å². The normalized spacial score (nSPS) is 18.9. The van der Waals surface area contributed by atoms with Gasteiger partial charge in [0.1, 0.15) is 5.82 Å². The minimum atomic E-state index is 0.227. The van der Waals surface area contributed by atoms with Crippen LogP contribution in [0.1, 0.15) is 37.7 Å². The Kier molecular flexibility index (Phi) is 4.99. The molecule has 0 bridgehead atoms. The Hall–Kier alpha value is -1.10. The zero-order valence-corrected chi connectivity index (χ0v) is 11.8. The molecule has 1 aliphatic rings. The van der Waals surface area contributed by atoms with Gasteiger partial charge in [0.15, 0.2) is 6.17 Å². The number of hydrogen-bond acceptors (Lipinski definition) is 4. The van der Waals surface area contributed by atoms with Gasteiger partial charge in [-0.25, -0.2) is 4.98 Å². The van der Waals surface area contributed by atoms with E-state index >= 15 is 0 Å². The number of nitrogens with one attached hydrogen (secondary N) is 1. The van der Waals surface area contributed by atoms with Gasteiger partial charge in [-0.3, -0.25) is 0 Å². The number of nitrogens with zero attached hydrogens (tertiary/aromatic N) is 3. The molecule has 0 fully saturated rings. The summed E-state index contributed by atoms with van der Waals surface area (Å²) in [7, 11) is 2.09. The summed E-state index contributed by atoms with van der Waals surface area (Å²) in [4.78, 5) is 12.1. The molecule has 2 heterocycles. The molecule has 18 heavy (non-hydrogen) atoms. The highest BCUT2D eigenvalue weighted by molar-refractivity contribution is 7.80. The van der Waals surface area contributed by atoms with Crippen molar-refractivity contribution in [1.29, 1.82) is 0 Å². The van der Waals surface area contributed by atoms with Gasteiger partial charge in [-0.1, -0.05) is 12.8 Å². The minimum absolute atomic E-state index is 0.227. The van der Waals surface area contributed by atoms with E-state index < -0.39 is 0 Å². The van der Waals surface area contributed by atoms with Crippen molar-refractivity contribution in [3.8, 4) is 0 Å². The van der Waals surface area contributed by atoms with Gasteiger partial charge in [0.05, 0.1) is 0 Å². The average molecular weight is 266 g/mol. The molecule has 0 radical (unpaired) electrons. The molecule has 0 aromatic carbocycles. The van der Waals surface area contributed by atoms with Crippen LogP contribution in [0.4, 0.5) is 0 Å². The summed E-state index contributed by atoms with van der Waals surface area (Å²) in [6.07, 6.45) is 13.2. The lowest BCUT2D eigenvalue weighted by Crippen LogP contribution is -2.30. The summed E-state index contributed by atoms with van der Waals surface area (Å²) in [5.41, 5.74) is 0. The van der Waals surface area contributed by atoms with Crippen LogP contribution < -0.4 is 0 Å². The Morgan fingerprint density at radius 3 is 2.83 bits per heavy atom. The van der Waals surface area contributed by atoms with E-state index in [0.29, 0.717) is 0 Å². The fourth-order valence-electron chi connectivity index (χ4n) is 2.31. The molecule has 5 heteroatoms. The Bertz CT molecular complexity index is 363. The topological polar surface area (TPSA) is 35.2 Å². The first-order chi connectivity index (χ1) is 8.83. The number of aromatic nitrogens is 2. The second kappa shape index (κ2) is 6.73. The lowest BCUT2D eigenvalue weighted by atomic mass is 10.2. The molecule has 0 amide bonds. The molecule has 0 saturated heterocycles. The smallest absolute Gasteiger partial charge is 0.160 e. The van der Waals surface area contributed by atoms with Gasteiger partial charge in [-0.15, -0.1) is 0 Å². The van der Waals surface area contributed by atoms with Gasteiger partial charge in [0.25, 0.3) is 0 Å². The number of rotatable bonds is 7. The summed E-state index contributed by atoms with van der Waals surface area (Å²) < 4.78 is 0. The Balaban J connectivity index is 1.82. The quantitative estimate of drug-likeness (QED) is 0.588. The molecule has 1 unspecified atom stereocenters.